The van der Waals surface area contributed by atoms with E-state index in [0.29, 0.717) is 21.4 Å². The van der Waals surface area contributed by atoms with Crippen LogP contribution in [0.15, 0.2) is 48.5 Å². The molecule has 3 aromatic rings. The molecule has 0 saturated carbocycles. The van der Waals surface area contributed by atoms with Gasteiger partial charge in [0.1, 0.15) is 5.75 Å². The summed E-state index contributed by atoms with van der Waals surface area (Å²) < 4.78 is 11.9. The highest BCUT2D eigenvalue weighted by molar-refractivity contribution is 6.35. The topological polar surface area (TPSA) is 53.4 Å². The van der Waals surface area contributed by atoms with Gasteiger partial charge in [-0.05, 0) is 55.5 Å². The van der Waals surface area contributed by atoms with E-state index in [1.807, 2.05) is 24.3 Å². The minimum Gasteiger partial charge on any atom is -0.497 e. The van der Waals surface area contributed by atoms with Crippen LogP contribution in [0.5, 0.6) is 5.75 Å². The lowest BCUT2D eigenvalue weighted by molar-refractivity contribution is 0.0519. The van der Waals surface area contributed by atoms with Crippen LogP contribution in [-0.4, -0.2) is 29.5 Å². The number of halogens is 2. The van der Waals surface area contributed by atoms with Crippen LogP contribution in [-0.2, 0) is 4.74 Å². The van der Waals surface area contributed by atoms with Crippen LogP contribution in [0, 0.1) is 0 Å². The van der Waals surface area contributed by atoms with Gasteiger partial charge in [0.05, 0.1) is 30.1 Å². The summed E-state index contributed by atoms with van der Waals surface area (Å²) in [6, 6.07) is 14.2. The van der Waals surface area contributed by atoms with Crippen molar-refractivity contribution in [2.75, 3.05) is 13.7 Å². The maximum atomic E-state index is 12.1. The van der Waals surface area contributed by atoms with Crippen LogP contribution in [0.2, 0.25) is 10.0 Å². The van der Waals surface area contributed by atoms with Gasteiger partial charge in [0.2, 0.25) is 0 Å². The number of carbonyl (C=O) groups is 1. The molecule has 0 radical (unpaired) electrons. The molecule has 0 bridgehead atoms. The van der Waals surface area contributed by atoms with Gasteiger partial charge in [-0.25, -0.2) is 9.48 Å². The molecule has 0 saturated heterocycles. The van der Waals surface area contributed by atoms with Crippen molar-refractivity contribution in [2.45, 2.75) is 6.92 Å². The van der Waals surface area contributed by atoms with E-state index in [2.05, 4.69) is 5.10 Å². The molecule has 5 nitrogen and oxygen atoms in total. The van der Waals surface area contributed by atoms with Crippen molar-refractivity contribution in [3.05, 3.63) is 64.3 Å². The summed E-state index contributed by atoms with van der Waals surface area (Å²) in [4.78, 5) is 12.1. The van der Waals surface area contributed by atoms with E-state index in [9.17, 15) is 4.79 Å². The highest BCUT2D eigenvalue weighted by atomic mass is 35.5. The van der Waals surface area contributed by atoms with Gasteiger partial charge in [-0.1, -0.05) is 23.2 Å². The summed E-state index contributed by atoms with van der Waals surface area (Å²) >= 11 is 12.3. The van der Waals surface area contributed by atoms with Crippen LogP contribution in [0.4, 0.5) is 0 Å². The largest absolute Gasteiger partial charge is 0.497 e. The molecule has 26 heavy (non-hydrogen) atoms. The Labute approximate surface area is 161 Å². The number of hydrogen-bond acceptors (Lipinski definition) is 4. The molecule has 2 aromatic carbocycles. The minimum atomic E-state index is -0.494. The Morgan fingerprint density at radius 2 is 1.85 bits per heavy atom. The molecular weight excluding hydrogens is 375 g/mol. The number of benzene rings is 2. The molecule has 0 unspecified atom stereocenters. The van der Waals surface area contributed by atoms with Gasteiger partial charge in [-0.15, -0.1) is 0 Å². The Balaban J connectivity index is 2.15. The average Bonchev–Trinajstić information content (AvgIpc) is 3.07. The number of nitrogens with zero attached hydrogens (tertiary/aromatic N) is 2. The Kier molecular flexibility index (Phi) is 5.49. The van der Waals surface area contributed by atoms with Crippen molar-refractivity contribution in [3.63, 3.8) is 0 Å². The Hall–Kier alpha value is -2.50. The van der Waals surface area contributed by atoms with Crippen LogP contribution >= 0.6 is 23.2 Å². The number of esters is 1. The highest BCUT2D eigenvalue weighted by Gasteiger charge is 2.19. The Bertz CT molecular complexity index is 936. The number of carbonyl (C=O) groups excluding carboxylic acids is 1. The number of hydrogen-bond donors (Lipinski definition) is 0. The van der Waals surface area contributed by atoms with E-state index in [1.54, 1.807) is 43.0 Å². The van der Waals surface area contributed by atoms with Crippen molar-refractivity contribution >= 4 is 29.2 Å². The Morgan fingerprint density at radius 3 is 2.46 bits per heavy atom. The summed E-state index contributed by atoms with van der Waals surface area (Å²) in [5, 5.41) is 5.33. The number of methoxy groups -OCH3 is 1. The SMILES string of the molecule is CCOC(=O)c1cc(-c2ccc(OC)cc2)n(-c2ccc(Cl)cc2Cl)n1. The van der Waals surface area contributed by atoms with Crippen LogP contribution < -0.4 is 4.74 Å². The zero-order valence-electron chi connectivity index (χ0n) is 14.2. The van der Waals surface area contributed by atoms with Crippen LogP contribution in [0.3, 0.4) is 0 Å². The summed E-state index contributed by atoms with van der Waals surface area (Å²) in [5.74, 6) is 0.237. The second-order valence-electron chi connectivity index (χ2n) is 5.37. The lowest BCUT2D eigenvalue weighted by Gasteiger charge is -2.10. The number of ether oxygens (including phenoxy) is 2. The Morgan fingerprint density at radius 1 is 1.12 bits per heavy atom. The lowest BCUT2D eigenvalue weighted by Crippen LogP contribution is -2.07. The van der Waals surface area contributed by atoms with Crippen molar-refractivity contribution in [1.82, 2.24) is 9.78 Å². The van der Waals surface area contributed by atoms with E-state index in [4.69, 9.17) is 32.7 Å². The van der Waals surface area contributed by atoms with Gasteiger partial charge in [0, 0.05) is 10.6 Å². The maximum absolute atomic E-state index is 12.1. The number of rotatable bonds is 5. The van der Waals surface area contributed by atoms with Gasteiger partial charge in [0.15, 0.2) is 5.69 Å². The molecular formula is C19H16Cl2N2O3. The minimum absolute atomic E-state index is 0.198. The molecule has 0 fully saturated rings. The fourth-order valence-electron chi connectivity index (χ4n) is 2.49. The third kappa shape index (κ3) is 3.69. The quantitative estimate of drug-likeness (QED) is 0.573. The van der Waals surface area contributed by atoms with E-state index in [1.165, 1.54) is 0 Å². The number of aromatic nitrogens is 2. The van der Waals surface area contributed by atoms with E-state index < -0.39 is 5.97 Å². The average molecular weight is 391 g/mol. The van der Waals surface area contributed by atoms with E-state index in [-0.39, 0.29) is 12.3 Å². The van der Waals surface area contributed by atoms with Gasteiger partial charge in [0.25, 0.3) is 0 Å². The fraction of sp³-hybridized carbons (Fsp3) is 0.158. The summed E-state index contributed by atoms with van der Waals surface area (Å²) in [6.45, 7) is 2.01. The molecule has 134 valence electrons. The summed E-state index contributed by atoms with van der Waals surface area (Å²) in [7, 11) is 1.60. The highest BCUT2D eigenvalue weighted by Crippen LogP contribution is 2.30. The summed E-state index contributed by atoms with van der Waals surface area (Å²) in [5.41, 5.74) is 2.35. The third-order valence-corrected chi connectivity index (χ3v) is 4.26. The standard InChI is InChI=1S/C19H16Cl2N2O3/c1-3-26-19(24)16-11-18(12-4-7-14(25-2)8-5-12)23(22-16)17-9-6-13(20)10-15(17)21/h4-11H,3H2,1-2H3. The van der Waals surface area contributed by atoms with E-state index >= 15 is 0 Å². The van der Waals surface area contributed by atoms with Crippen molar-refractivity contribution in [3.8, 4) is 22.7 Å². The van der Waals surface area contributed by atoms with Gasteiger partial charge in [-0.3, -0.25) is 0 Å². The van der Waals surface area contributed by atoms with Crippen LogP contribution in [0.1, 0.15) is 17.4 Å². The molecule has 7 heteroatoms. The van der Waals surface area contributed by atoms with Crippen molar-refractivity contribution in [2.24, 2.45) is 0 Å². The molecule has 0 atom stereocenters. The second kappa shape index (κ2) is 7.81. The van der Waals surface area contributed by atoms with Crippen molar-refractivity contribution < 1.29 is 14.3 Å². The molecule has 0 N–H and O–H groups in total. The molecule has 0 aliphatic rings. The molecule has 1 heterocycles. The molecule has 0 aliphatic heterocycles. The molecule has 3 rings (SSSR count). The zero-order chi connectivity index (χ0) is 18.7. The first-order valence-corrected chi connectivity index (χ1v) is 8.66. The van der Waals surface area contributed by atoms with Gasteiger partial charge in [-0.2, -0.15) is 5.10 Å². The normalized spacial score (nSPS) is 10.6. The lowest BCUT2D eigenvalue weighted by atomic mass is 10.1. The maximum Gasteiger partial charge on any atom is 0.358 e. The smallest absolute Gasteiger partial charge is 0.358 e. The summed E-state index contributed by atoms with van der Waals surface area (Å²) in [6.07, 6.45) is 0. The molecule has 0 spiro atoms. The first-order chi connectivity index (χ1) is 12.5. The van der Waals surface area contributed by atoms with Gasteiger partial charge >= 0.3 is 5.97 Å². The molecule has 0 aliphatic carbocycles. The molecule has 1 aromatic heterocycles. The predicted molar refractivity (Wildman–Crippen MR) is 102 cm³/mol. The fourth-order valence-corrected chi connectivity index (χ4v) is 2.98. The van der Waals surface area contributed by atoms with Gasteiger partial charge < -0.3 is 9.47 Å². The second-order valence-corrected chi connectivity index (χ2v) is 6.21. The first kappa shape index (κ1) is 18.3. The van der Waals surface area contributed by atoms with Crippen LogP contribution in [0.25, 0.3) is 16.9 Å². The monoisotopic (exact) mass is 390 g/mol. The molecule has 0 amide bonds. The predicted octanol–water partition coefficient (Wildman–Crippen LogP) is 5.03. The van der Waals surface area contributed by atoms with E-state index in [0.717, 1.165) is 11.3 Å². The first-order valence-electron chi connectivity index (χ1n) is 7.90. The van der Waals surface area contributed by atoms with Crippen molar-refractivity contribution in [1.29, 1.82) is 0 Å². The zero-order valence-corrected chi connectivity index (χ0v) is 15.7. The third-order valence-electron chi connectivity index (χ3n) is 3.72.